The molecule has 4 rings (SSSR count). The van der Waals surface area contributed by atoms with Crippen molar-refractivity contribution in [2.24, 2.45) is 5.10 Å². The van der Waals surface area contributed by atoms with E-state index in [4.69, 9.17) is 5.73 Å². The minimum absolute atomic E-state index is 0.146. The average molecular weight is 339 g/mol. The molecule has 126 valence electrons. The zero-order valence-corrected chi connectivity index (χ0v) is 14.0. The van der Waals surface area contributed by atoms with E-state index in [0.717, 1.165) is 16.8 Å². The SMILES string of the molecule is Nc1ccc(C=C2C(=O)N(c3ccccc3)N=C2c2ccccc2)cc1. The van der Waals surface area contributed by atoms with Crippen LogP contribution in [0.2, 0.25) is 0 Å². The van der Waals surface area contributed by atoms with E-state index >= 15 is 0 Å². The van der Waals surface area contributed by atoms with Crippen molar-refractivity contribution in [3.05, 3.63) is 102 Å². The number of benzene rings is 3. The summed E-state index contributed by atoms with van der Waals surface area (Å²) in [7, 11) is 0. The van der Waals surface area contributed by atoms with Crippen LogP contribution in [0.5, 0.6) is 0 Å². The Morgan fingerprint density at radius 1 is 0.808 bits per heavy atom. The molecule has 1 aliphatic heterocycles. The monoisotopic (exact) mass is 339 g/mol. The summed E-state index contributed by atoms with van der Waals surface area (Å²) >= 11 is 0. The number of nitrogens with two attached hydrogens (primary N) is 1. The number of nitrogen functional groups attached to an aromatic ring is 1. The van der Waals surface area contributed by atoms with Crippen molar-refractivity contribution in [2.75, 3.05) is 10.7 Å². The van der Waals surface area contributed by atoms with Gasteiger partial charge in [0, 0.05) is 11.3 Å². The lowest BCUT2D eigenvalue weighted by Crippen LogP contribution is -2.21. The molecule has 0 saturated heterocycles. The van der Waals surface area contributed by atoms with Crippen molar-refractivity contribution in [1.82, 2.24) is 0 Å². The fourth-order valence-corrected chi connectivity index (χ4v) is 2.86. The summed E-state index contributed by atoms with van der Waals surface area (Å²) in [5.41, 5.74) is 10.2. The Balaban J connectivity index is 1.82. The molecule has 0 bridgehead atoms. The Labute approximate surface area is 151 Å². The molecule has 0 aliphatic carbocycles. The summed E-state index contributed by atoms with van der Waals surface area (Å²) in [5.74, 6) is -0.146. The number of hydrogen-bond donors (Lipinski definition) is 1. The van der Waals surface area contributed by atoms with Crippen molar-refractivity contribution in [1.29, 1.82) is 0 Å². The van der Waals surface area contributed by atoms with Crippen LogP contribution < -0.4 is 10.7 Å². The maximum absolute atomic E-state index is 13.1. The Hall–Kier alpha value is -3.66. The van der Waals surface area contributed by atoms with Gasteiger partial charge in [0.25, 0.3) is 5.91 Å². The molecule has 0 fully saturated rings. The van der Waals surface area contributed by atoms with E-state index in [2.05, 4.69) is 5.10 Å². The Bertz CT molecular complexity index is 991. The van der Waals surface area contributed by atoms with E-state index in [1.54, 1.807) is 0 Å². The predicted octanol–water partition coefficient (Wildman–Crippen LogP) is 4.10. The van der Waals surface area contributed by atoms with E-state index in [1.165, 1.54) is 5.01 Å². The van der Waals surface area contributed by atoms with Crippen LogP contribution in [0.15, 0.2) is 95.6 Å². The van der Waals surface area contributed by atoms with Crippen LogP contribution in [-0.2, 0) is 4.79 Å². The number of anilines is 2. The molecule has 0 radical (unpaired) electrons. The number of carbonyl (C=O) groups excluding carboxylic acids is 1. The van der Waals surface area contributed by atoms with Gasteiger partial charge in [-0.05, 0) is 35.9 Å². The Kier molecular flexibility index (Phi) is 4.07. The second-order valence-electron chi connectivity index (χ2n) is 5.99. The van der Waals surface area contributed by atoms with Crippen molar-refractivity contribution in [3.63, 3.8) is 0 Å². The minimum atomic E-state index is -0.146. The molecule has 4 nitrogen and oxygen atoms in total. The third kappa shape index (κ3) is 3.00. The molecule has 1 amide bonds. The van der Waals surface area contributed by atoms with Crippen molar-refractivity contribution in [2.45, 2.75) is 0 Å². The number of para-hydroxylation sites is 1. The van der Waals surface area contributed by atoms with Gasteiger partial charge >= 0.3 is 0 Å². The highest BCUT2D eigenvalue weighted by atomic mass is 16.2. The van der Waals surface area contributed by atoms with Crippen LogP contribution in [0, 0.1) is 0 Å². The number of carbonyl (C=O) groups is 1. The third-order valence-corrected chi connectivity index (χ3v) is 4.17. The van der Waals surface area contributed by atoms with Gasteiger partial charge in [-0.1, -0.05) is 60.7 Å². The molecule has 0 unspecified atom stereocenters. The van der Waals surface area contributed by atoms with Crippen LogP contribution in [0.25, 0.3) is 6.08 Å². The maximum Gasteiger partial charge on any atom is 0.281 e. The second-order valence-corrected chi connectivity index (χ2v) is 5.99. The molecule has 4 heteroatoms. The predicted molar refractivity (Wildman–Crippen MR) is 106 cm³/mol. The van der Waals surface area contributed by atoms with Gasteiger partial charge in [0.15, 0.2) is 0 Å². The van der Waals surface area contributed by atoms with Gasteiger partial charge in [-0.15, -0.1) is 0 Å². The average Bonchev–Trinajstić information content (AvgIpc) is 3.01. The summed E-state index contributed by atoms with van der Waals surface area (Å²) in [6.07, 6.45) is 1.86. The molecule has 0 atom stereocenters. The molecule has 0 saturated carbocycles. The lowest BCUT2D eigenvalue weighted by atomic mass is 10.0. The van der Waals surface area contributed by atoms with Crippen LogP contribution in [0.3, 0.4) is 0 Å². The van der Waals surface area contributed by atoms with Gasteiger partial charge in [0.05, 0.1) is 11.3 Å². The first-order valence-electron chi connectivity index (χ1n) is 8.33. The summed E-state index contributed by atoms with van der Waals surface area (Å²) in [4.78, 5) is 13.1. The standard InChI is InChI=1S/C22H17N3O/c23-18-13-11-16(12-14-18)15-20-21(17-7-3-1-4-8-17)24-25(22(20)26)19-9-5-2-6-10-19/h1-15H,23H2. The van der Waals surface area contributed by atoms with E-state index in [1.807, 2.05) is 91.0 Å². The van der Waals surface area contributed by atoms with Gasteiger partial charge in [-0.3, -0.25) is 4.79 Å². The van der Waals surface area contributed by atoms with Crippen LogP contribution >= 0.6 is 0 Å². The fraction of sp³-hybridized carbons (Fsp3) is 0. The lowest BCUT2D eigenvalue weighted by molar-refractivity contribution is -0.114. The van der Waals surface area contributed by atoms with E-state index < -0.39 is 0 Å². The molecule has 2 N–H and O–H groups in total. The van der Waals surface area contributed by atoms with Gasteiger partial charge in [0.1, 0.15) is 5.71 Å². The van der Waals surface area contributed by atoms with Gasteiger partial charge in [0.2, 0.25) is 0 Å². The molecule has 1 heterocycles. The molecular formula is C22H17N3O. The largest absolute Gasteiger partial charge is 0.399 e. The molecule has 0 spiro atoms. The lowest BCUT2D eigenvalue weighted by Gasteiger charge is -2.10. The van der Waals surface area contributed by atoms with Gasteiger partial charge in [-0.2, -0.15) is 10.1 Å². The molecule has 26 heavy (non-hydrogen) atoms. The van der Waals surface area contributed by atoms with Crippen LogP contribution in [-0.4, -0.2) is 11.6 Å². The summed E-state index contributed by atoms with van der Waals surface area (Å²) < 4.78 is 0. The third-order valence-electron chi connectivity index (χ3n) is 4.17. The zero-order chi connectivity index (χ0) is 17.9. The molecule has 3 aromatic carbocycles. The molecule has 1 aliphatic rings. The number of rotatable bonds is 3. The number of amides is 1. The summed E-state index contributed by atoms with van der Waals surface area (Å²) in [6, 6.07) is 26.6. The minimum Gasteiger partial charge on any atom is -0.399 e. The quantitative estimate of drug-likeness (QED) is 0.577. The number of nitrogens with zero attached hydrogens (tertiary/aromatic N) is 2. The van der Waals surface area contributed by atoms with Crippen LogP contribution in [0.1, 0.15) is 11.1 Å². The van der Waals surface area contributed by atoms with E-state index in [-0.39, 0.29) is 5.91 Å². The number of hydrogen-bond acceptors (Lipinski definition) is 3. The highest BCUT2D eigenvalue weighted by Gasteiger charge is 2.31. The first kappa shape index (κ1) is 15.8. The fourth-order valence-electron chi connectivity index (χ4n) is 2.86. The Morgan fingerprint density at radius 3 is 2.08 bits per heavy atom. The number of hydrazone groups is 1. The Morgan fingerprint density at radius 2 is 1.42 bits per heavy atom. The molecule has 0 aromatic heterocycles. The molecule has 3 aromatic rings. The normalized spacial score (nSPS) is 15.4. The van der Waals surface area contributed by atoms with E-state index in [0.29, 0.717) is 17.0 Å². The summed E-state index contributed by atoms with van der Waals surface area (Å²) in [6.45, 7) is 0. The highest BCUT2D eigenvalue weighted by Crippen LogP contribution is 2.27. The van der Waals surface area contributed by atoms with Crippen molar-refractivity contribution in [3.8, 4) is 0 Å². The van der Waals surface area contributed by atoms with Gasteiger partial charge < -0.3 is 5.73 Å². The zero-order valence-electron chi connectivity index (χ0n) is 14.0. The maximum atomic E-state index is 13.1. The topological polar surface area (TPSA) is 58.7 Å². The van der Waals surface area contributed by atoms with Gasteiger partial charge in [-0.25, -0.2) is 0 Å². The molecular weight excluding hydrogens is 322 g/mol. The van der Waals surface area contributed by atoms with Crippen molar-refractivity contribution < 1.29 is 4.79 Å². The highest BCUT2D eigenvalue weighted by molar-refractivity contribution is 6.37. The second kappa shape index (κ2) is 6.69. The first-order valence-corrected chi connectivity index (χ1v) is 8.33. The van der Waals surface area contributed by atoms with Crippen molar-refractivity contribution >= 4 is 29.1 Å². The summed E-state index contributed by atoms with van der Waals surface area (Å²) in [5, 5.41) is 6.06. The smallest absolute Gasteiger partial charge is 0.281 e. The van der Waals surface area contributed by atoms with E-state index in [9.17, 15) is 4.79 Å². The first-order chi connectivity index (χ1) is 12.7. The van der Waals surface area contributed by atoms with Crippen LogP contribution in [0.4, 0.5) is 11.4 Å².